The minimum Gasteiger partial charge on any atom is -0.465 e. The van der Waals surface area contributed by atoms with Crippen LogP contribution in [0.4, 0.5) is 4.79 Å². The van der Waals surface area contributed by atoms with Crippen molar-refractivity contribution in [1.82, 2.24) is 9.88 Å². The molecule has 5 heteroatoms. The smallest absolute Gasteiger partial charge is 0.407 e. The van der Waals surface area contributed by atoms with Crippen LogP contribution in [0.5, 0.6) is 0 Å². The van der Waals surface area contributed by atoms with Crippen molar-refractivity contribution in [3.05, 3.63) is 28.8 Å². The highest BCUT2D eigenvalue weighted by Gasteiger charge is 2.32. The maximum Gasteiger partial charge on any atom is 0.407 e. The monoisotopic (exact) mass is 290 g/mol. The van der Waals surface area contributed by atoms with Crippen LogP contribution in [-0.2, 0) is 0 Å². The normalized spacial score (nSPS) is 19.1. The number of nitrogens with zero attached hydrogens (tertiary/aromatic N) is 2. The molecule has 1 aliphatic rings. The second-order valence-corrected chi connectivity index (χ2v) is 6.60. The van der Waals surface area contributed by atoms with E-state index in [4.69, 9.17) is 4.98 Å². The Morgan fingerprint density at radius 2 is 2.30 bits per heavy atom. The number of carbonyl (C=O) groups is 1. The predicted molar refractivity (Wildman–Crippen MR) is 80.4 cm³/mol. The van der Waals surface area contributed by atoms with Crippen LogP contribution in [0.15, 0.2) is 18.2 Å². The lowest BCUT2D eigenvalue weighted by Crippen LogP contribution is -2.28. The summed E-state index contributed by atoms with van der Waals surface area (Å²) in [6.45, 7) is 4.94. The zero-order valence-corrected chi connectivity index (χ0v) is 12.5. The summed E-state index contributed by atoms with van der Waals surface area (Å²) in [5.74, 6) is 0.424. The first-order chi connectivity index (χ1) is 9.58. The van der Waals surface area contributed by atoms with Crippen molar-refractivity contribution < 1.29 is 9.90 Å². The molecular weight excluding hydrogens is 272 g/mol. The molecule has 1 amide bonds. The first-order valence-corrected chi connectivity index (χ1v) is 7.78. The molecule has 1 unspecified atom stereocenters. The third-order valence-electron chi connectivity index (χ3n) is 3.87. The molecule has 1 aromatic carbocycles. The summed E-state index contributed by atoms with van der Waals surface area (Å²) in [5.41, 5.74) is 2.28. The van der Waals surface area contributed by atoms with Gasteiger partial charge in [0, 0.05) is 6.54 Å². The van der Waals surface area contributed by atoms with Gasteiger partial charge in [0.15, 0.2) is 0 Å². The number of benzene rings is 1. The van der Waals surface area contributed by atoms with Crippen molar-refractivity contribution in [1.29, 1.82) is 0 Å². The first kappa shape index (κ1) is 13.4. The molecule has 1 aromatic heterocycles. The Bertz CT molecular complexity index is 650. The second-order valence-electron chi connectivity index (χ2n) is 5.53. The maximum atomic E-state index is 11.3. The van der Waals surface area contributed by atoms with Crippen LogP contribution < -0.4 is 0 Å². The Kier molecular flexibility index (Phi) is 3.38. The fraction of sp³-hybridized carbons (Fsp3) is 0.467. The lowest BCUT2D eigenvalue weighted by molar-refractivity contribution is 0.140. The number of para-hydroxylation sites is 1. The summed E-state index contributed by atoms with van der Waals surface area (Å²) in [7, 11) is 0. The number of likely N-dealkylation sites (tertiary alicyclic amines) is 1. The minimum atomic E-state index is -0.837. The number of fused-ring (bicyclic) bond motifs is 1. The van der Waals surface area contributed by atoms with Crippen LogP contribution in [0.3, 0.4) is 0 Å². The lowest BCUT2D eigenvalue weighted by atomic mass is 10.0. The van der Waals surface area contributed by atoms with E-state index in [9.17, 15) is 9.90 Å². The molecule has 20 heavy (non-hydrogen) atoms. The molecule has 0 spiro atoms. The summed E-state index contributed by atoms with van der Waals surface area (Å²) in [5, 5.41) is 10.2. The molecule has 0 saturated carbocycles. The van der Waals surface area contributed by atoms with E-state index in [1.165, 1.54) is 10.5 Å². The van der Waals surface area contributed by atoms with Crippen LogP contribution in [0, 0.1) is 0 Å². The van der Waals surface area contributed by atoms with E-state index in [0.717, 1.165) is 28.1 Å². The molecule has 1 N–H and O–H groups in total. The Hall–Kier alpha value is -1.62. The number of hydrogen-bond donors (Lipinski definition) is 1. The quantitative estimate of drug-likeness (QED) is 0.900. The highest BCUT2D eigenvalue weighted by atomic mass is 32.1. The molecule has 2 heterocycles. The topological polar surface area (TPSA) is 53.4 Å². The maximum absolute atomic E-state index is 11.3. The van der Waals surface area contributed by atoms with Crippen LogP contribution in [-0.4, -0.2) is 27.6 Å². The van der Waals surface area contributed by atoms with Crippen molar-refractivity contribution >= 4 is 27.6 Å². The lowest BCUT2D eigenvalue weighted by Gasteiger charge is -2.18. The van der Waals surface area contributed by atoms with Gasteiger partial charge in [0.05, 0.1) is 16.3 Å². The summed E-state index contributed by atoms with van der Waals surface area (Å²) in [6.07, 6.45) is 0.961. The van der Waals surface area contributed by atoms with E-state index in [1.807, 2.05) is 0 Å². The van der Waals surface area contributed by atoms with E-state index in [1.54, 1.807) is 11.3 Å². The first-order valence-electron chi connectivity index (χ1n) is 6.97. The molecule has 0 radical (unpaired) electrons. The molecule has 1 saturated heterocycles. The summed E-state index contributed by atoms with van der Waals surface area (Å²) >= 11 is 1.63. The number of amides is 1. The van der Waals surface area contributed by atoms with Gasteiger partial charge in [0.1, 0.15) is 5.01 Å². The second kappa shape index (κ2) is 5.05. The van der Waals surface area contributed by atoms with Gasteiger partial charge in [0.2, 0.25) is 0 Å². The van der Waals surface area contributed by atoms with Gasteiger partial charge in [-0.05, 0) is 30.4 Å². The number of thiazole rings is 1. The zero-order chi connectivity index (χ0) is 14.3. The van der Waals surface area contributed by atoms with Gasteiger partial charge in [0.25, 0.3) is 0 Å². The van der Waals surface area contributed by atoms with Crippen molar-refractivity contribution in [3.8, 4) is 0 Å². The van der Waals surface area contributed by atoms with E-state index in [-0.39, 0.29) is 6.04 Å². The van der Waals surface area contributed by atoms with Gasteiger partial charge < -0.3 is 5.11 Å². The number of rotatable bonds is 2. The molecule has 106 valence electrons. The van der Waals surface area contributed by atoms with Crippen molar-refractivity contribution in [2.45, 2.75) is 38.6 Å². The largest absolute Gasteiger partial charge is 0.465 e. The van der Waals surface area contributed by atoms with Crippen LogP contribution in [0.2, 0.25) is 0 Å². The Balaban J connectivity index is 2.05. The molecule has 4 nitrogen and oxygen atoms in total. The van der Waals surface area contributed by atoms with Crippen LogP contribution in [0.1, 0.15) is 49.2 Å². The Labute approximate surface area is 122 Å². The van der Waals surface area contributed by atoms with Crippen LogP contribution >= 0.6 is 11.3 Å². The molecule has 2 aromatic rings. The summed E-state index contributed by atoms with van der Waals surface area (Å²) < 4.78 is 1.16. The number of hydrogen-bond acceptors (Lipinski definition) is 3. The summed E-state index contributed by atoms with van der Waals surface area (Å²) in [6, 6.07) is 6.18. The molecule has 1 atom stereocenters. The predicted octanol–water partition coefficient (Wildman–Crippen LogP) is 4.23. The Morgan fingerprint density at radius 1 is 1.50 bits per heavy atom. The van der Waals surface area contributed by atoms with Gasteiger partial charge in [-0.1, -0.05) is 26.0 Å². The third-order valence-corrected chi connectivity index (χ3v) is 4.99. The molecule has 0 bridgehead atoms. The SMILES string of the molecule is CC(C)c1cccc2sc(C3CCCN3C(=O)O)nc12. The molecule has 1 aliphatic heterocycles. The fourth-order valence-electron chi connectivity index (χ4n) is 2.85. The standard InChI is InChI=1S/C15H18N2O2S/c1-9(2)10-5-3-7-12-13(10)16-14(20-12)11-6-4-8-17(11)15(18)19/h3,5,7,9,11H,4,6,8H2,1-2H3,(H,18,19). The van der Waals surface area contributed by atoms with Gasteiger partial charge in [-0.15, -0.1) is 11.3 Å². The minimum absolute atomic E-state index is 0.0649. The van der Waals surface area contributed by atoms with E-state index in [0.29, 0.717) is 12.5 Å². The van der Waals surface area contributed by atoms with Crippen LogP contribution in [0.25, 0.3) is 10.2 Å². The van der Waals surface area contributed by atoms with Gasteiger partial charge >= 0.3 is 6.09 Å². The van der Waals surface area contributed by atoms with E-state index in [2.05, 4.69) is 32.0 Å². The average molecular weight is 290 g/mol. The van der Waals surface area contributed by atoms with Crippen molar-refractivity contribution in [3.63, 3.8) is 0 Å². The Morgan fingerprint density at radius 3 is 3.00 bits per heavy atom. The summed E-state index contributed by atoms with van der Waals surface area (Å²) in [4.78, 5) is 17.6. The fourth-order valence-corrected chi connectivity index (χ4v) is 4.00. The van der Waals surface area contributed by atoms with Crippen molar-refractivity contribution in [2.75, 3.05) is 6.54 Å². The van der Waals surface area contributed by atoms with Gasteiger partial charge in [-0.3, -0.25) is 4.90 Å². The van der Waals surface area contributed by atoms with Gasteiger partial charge in [-0.2, -0.15) is 0 Å². The third kappa shape index (κ3) is 2.16. The highest BCUT2D eigenvalue weighted by Crippen LogP contribution is 2.38. The van der Waals surface area contributed by atoms with E-state index >= 15 is 0 Å². The van der Waals surface area contributed by atoms with Crippen molar-refractivity contribution in [2.24, 2.45) is 0 Å². The highest BCUT2D eigenvalue weighted by molar-refractivity contribution is 7.18. The molecular formula is C15H18N2O2S. The molecule has 3 rings (SSSR count). The van der Waals surface area contributed by atoms with Gasteiger partial charge in [-0.25, -0.2) is 9.78 Å². The average Bonchev–Trinajstić information content (AvgIpc) is 3.03. The number of aromatic nitrogens is 1. The molecule has 1 fully saturated rings. The zero-order valence-electron chi connectivity index (χ0n) is 11.7. The van der Waals surface area contributed by atoms with E-state index < -0.39 is 6.09 Å². The number of carboxylic acid groups (broad SMARTS) is 1. The molecule has 0 aliphatic carbocycles.